The normalized spacial score (nSPS) is 19.9. The van der Waals surface area contributed by atoms with Crippen LogP contribution in [0.4, 0.5) is 0 Å². The second kappa shape index (κ2) is 47.1. The molecule has 13 heteroatoms. The fourth-order valence-corrected chi connectivity index (χ4v) is 8.16. The van der Waals surface area contributed by atoms with Crippen LogP contribution in [0.3, 0.4) is 0 Å². The van der Waals surface area contributed by atoms with Gasteiger partial charge in [-0.3, -0.25) is 9.35 Å². The van der Waals surface area contributed by atoms with E-state index >= 15 is 0 Å². The standard InChI is InChI=1S/C57H96O12S/c1-3-5-7-9-11-13-15-17-19-21-23-24-25-26-27-28-29-30-32-34-36-38-40-42-44-46-53(59)67-51(50-66-57-55(61)56(69-70(62,63)64)54(60)52(48-58)68-57)49-65-47-45-43-41-39-37-35-33-31-22-20-18-16-14-12-10-8-6-4-2/h5,7,11,13,17-20,23-24,26-27,29-30,34,36,51-52,54-58,60-61H,3-4,6,8-10,12,14-16,21-22,25,28,31-33,35,37-50H2,1-2H3,(H,62,63,64)/b7-5-,13-11-,19-17-,20-18-,24-23-,27-26-,30-29-,36-34-. The third kappa shape index (κ3) is 39.6. The summed E-state index contributed by atoms with van der Waals surface area (Å²) in [7, 11) is -5.08. The van der Waals surface area contributed by atoms with Gasteiger partial charge in [-0.05, 0) is 96.3 Å². The average Bonchev–Trinajstić information content (AvgIpc) is 3.34. The van der Waals surface area contributed by atoms with Crippen LogP contribution in [0.1, 0.15) is 194 Å². The van der Waals surface area contributed by atoms with Crippen LogP contribution in [0, 0.1) is 0 Å². The molecule has 0 aromatic heterocycles. The third-order valence-electron chi connectivity index (χ3n) is 11.7. The molecule has 1 saturated heterocycles. The molecule has 1 aliphatic heterocycles. The lowest BCUT2D eigenvalue weighted by molar-refractivity contribution is -0.301. The van der Waals surface area contributed by atoms with Gasteiger partial charge in [-0.1, -0.05) is 188 Å². The quantitative estimate of drug-likeness (QED) is 0.0197. The zero-order chi connectivity index (χ0) is 51.0. The SMILES string of the molecule is CC/C=C\C/C=C\C/C=C\C/C=C\C/C=C\C/C=C\C/C=C\CCCCCC(=O)OC(COCCCCCCCCCC/C=C\CCCCCCCC)COC1OC(CO)C(O)C(OS(=O)(=O)O)C1O. The summed E-state index contributed by atoms with van der Waals surface area (Å²) in [6.07, 6.45) is 55.8. The van der Waals surface area contributed by atoms with Crippen molar-refractivity contribution in [1.82, 2.24) is 0 Å². The van der Waals surface area contributed by atoms with Crippen LogP contribution in [0.5, 0.6) is 0 Å². The summed E-state index contributed by atoms with van der Waals surface area (Å²) in [5.41, 5.74) is 0. The van der Waals surface area contributed by atoms with Crippen molar-refractivity contribution in [2.75, 3.05) is 26.4 Å². The Bertz CT molecular complexity index is 1580. The lowest BCUT2D eigenvalue weighted by Crippen LogP contribution is -2.60. The van der Waals surface area contributed by atoms with Gasteiger partial charge in [0, 0.05) is 13.0 Å². The molecule has 0 saturated carbocycles. The van der Waals surface area contributed by atoms with Gasteiger partial charge < -0.3 is 34.3 Å². The van der Waals surface area contributed by atoms with Gasteiger partial charge in [-0.15, -0.1) is 0 Å². The first-order valence-electron chi connectivity index (χ1n) is 27.0. The molecular weight excluding hydrogens is 909 g/mol. The van der Waals surface area contributed by atoms with Gasteiger partial charge >= 0.3 is 16.4 Å². The van der Waals surface area contributed by atoms with Crippen molar-refractivity contribution in [2.45, 2.75) is 230 Å². The number of hydrogen-bond donors (Lipinski definition) is 4. The molecule has 0 aliphatic carbocycles. The first kappa shape index (κ1) is 65.0. The Hall–Kier alpha value is -2.98. The van der Waals surface area contributed by atoms with E-state index in [2.05, 4.69) is 115 Å². The van der Waals surface area contributed by atoms with Crippen LogP contribution in [-0.2, 0) is 38.3 Å². The Kier molecular flexibility index (Phi) is 43.7. The summed E-state index contributed by atoms with van der Waals surface area (Å²) in [5.74, 6) is -0.434. The summed E-state index contributed by atoms with van der Waals surface area (Å²) < 4.78 is 59.3. The summed E-state index contributed by atoms with van der Waals surface area (Å²) in [6.45, 7) is 3.82. The second-order valence-electron chi connectivity index (χ2n) is 18.1. The van der Waals surface area contributed by atoms with Crippen molar-refractivity contribution in [3.63, 3.8) is 0 Å². The Morgan fingerprint density at radius 3 is 1.46 bits per heavy atom. The van der Waals surface area contributed by atoms with Crippen LogP contribution >= 0.6 is 0 Å². The summed E-state index contributed by atoms with van der Waals surface area (Å²) in [4.78, 5) is 12.9. The minimum Gasteiger partial charge on any atom is -0.457 e. The van der Waals surface area contributed by atoms with Crippen LogP contribution in [-0.4, -0.2) is 97.5 Å². The largest absolute Gasteiger partial charge is 0.457 e. The number of hydrogen-bond acceptors (Lipinski definition) is 11. The van der Waals surface area contributed by atoms with E-state index in [1.54, 1.807) is 0 Å². The van der Waals surface area contributed by atoms with Gasteiger partial charge in [0.1, 0.15) is 30.5 Å². The van der Waals surface area contributed by atoms with Crippen LogP contribution in [0.15, 0.2) is 97.2 Å². The number of aliphatic hydroxyl groups excluding tert-OH is 3. The Morgan fingerprint density at radius 1 is 0.557 bits per heavy atom. The Labute approximate surface area is 425 Å². The number of unbranched alkanes of at least 4 members (excludes halogenated alkanes) is 17. The molecule has 0 aromatic rings. The van der Waals surface area contributed by atoms with Gasteiger partial charge in [0.05, 0.1) is 19.8 Å². The number of rotatable bonds is 46. The van der Waals surface area contributed by atoms with E-state index in [4.69, 9.17) is 18.9 Å². The molecule has 1 aliphatic rings. The van der Waals surface area contributed by atoms with E-state index in [-0.39, 0.29) is 19.6 Å². The maximum absolute atomic E-state index is 12.9. The smallest absolute Gasteiger partial charge is 0.397 e. The van der Waals surface area contributed by atoms with Crippen molar-refractivity contribution < 1.29 is 56.2 Å². The highest BCUT2D eigenvalue weighted by Crippen LogP contribution is 2.26. The highest BCUT2D eigenvalue weighted by atomic mass is 32.3. The first-order valence-corrected chi connectivity index (χ1v) is 28.4. The monoisotopic (exact) mass is 1000 g/mol. The molecule has 402 valence electrons. The Balaban J connectivity index is 2.39. The number of carbonyl (C=O) groups excluding carboxylic acids is 1. The average molecular weight is 1010 g/mol. The number of allylic oxidation sites excluding steroid dienone is 16. The number of carbonyl (C=O) groups is 1. The molecular formula is C57H96O12S. The van der Waals surface area contributed by atoms with Crippen molar-refractivity contribution in [2.24, 2.45) is 0 Å². The van der Waals surface area contributed by atoms with Crippen molar-refractivity contribution in [1.29, 1.82) is 0 Å². The predicted octanol–water partition coefficient (Wildman–Crippen LogP) is 13.0. The van der Waals surface area contributed by atoms with E-state index in [9.17, 15) is 33.1 Å². The first-order chi connectivity index (χ1) is 34.1. The molecule has 1 heterocycles. The van der Waals surface area contributed by atoms with E-state index in [0.29, 0.717) is 13.0 Å². The molecule has 1 fully saturated rings. The predicted molar refractivity (Wildman–Crippen MR) is 285 cm³/mol. The molecule has 0 amide bonds. The van der Waals surface area contributed by atoms with Crippen LogP contribution < -0.4 is 0 Å². The molecule has 0 radical (unpaired) electrons. The van der Waals surface area contributed by atoms with Crippen molar-refractivity contribution in [3.05, 3.63) is 97.2 Å². The maximum atomic E-state index is 12.9. The Morgan fingerprint density at radius 2 is 0.986 bits per heavy atom. The van der Waals surface area contributed by atoms with E-state index in [1.165, 1.54) is 83.5 Å². The molecule has 70 heavy (non-hydrogen) atoms. The van der Waals surface area contributed by atoms with E-state index < -0.39 is 59.8 Å². The zero-order valence-corrected chi connectivity index (χ0v) is 44.1. The molecule has 6 atom stereocenters. The van der Waals surface area contributed by atoms with E-state index in [0.717, 1.165) is 83.5 Å². The fourth-order valence-electron chi connectivity index (χ4n) is 7.65. The molecule has 0 bridgehead atoms. The van der Waals surface area contributed by atoms with Crippen LogP contribution in [0.2, 0.25) is 0 Å². The number of esters is 1. The molecule has 4 N–H and O–H groups in total. The van der Waals surface area contributed by atoms with Gasteiger partial charge in [0.15, 0.2) is 6.29 Å². The highest BCUT2D eigenvalue weighted by Gasteiger charge is 2.48. The summed E-state index contributed by atoms with van der Waals surface area (Å²) in [5, 5.41) is 30.8. The topological polar surface area (TPSA) is 178 Å². The van der Waals surface area contributed by atoms with Crippen molar-refractivity contribution in [3.8, 4) is 0 Å². The zero-order valence-electron chi connectivity index (χ0n) is 43.3. The van der Waals surface area contributed by atoms with Gasteiger partial charge in [0.25, 0.3) is 0 Å². The number of aliphatic hydroxyl groups is 3. The molecule has 6 unspecified atom stereocenters. The van der Waals surface area contributed by atoms with Crippen molar-refractivity contribution >= 4 is 16.4 Å². The lowest BCUT2D eigenvalue weighted by atomic mass is 9.99. The van der Waals surface area contributed by atoms with Crippen LogP contribution in [0.25, 0.3) is 0 Å². The molecule has 0 aromatic carbocycles. The van der Waals surface area contributed by atoms with E-state index in [1.807, 2.05) is 0 Å². The summed E-state index contributed by atoms with van der Waals surface area (Å²) >= 11 is 0. The van der Waals surface area contributed by atoms with Gasteiger partial charge in [-0.2, -0.15) is 8.42 Å². The lowest BCUT2D eigenvalue weighted by Gasteiger charge is -2.41. The molecule has 1 rings (SSSR count). The maximum Gasteiger partial charge on any atom is 0.397 e. The third-order valence-corrected chi connectivity index (χ3v) is 12.2. The minimum atomic E-state index is -5.08. The summed E-state index contributed by atoms with van der Waals surface area (Å²) in [6, 6.07) is 0. The minimum absolute atomic E-state index is 0.0144. The molecule has 12 nitrogen and oxygen atoms in total. The molecule has 0 spiro atoms. The second-order valence-corrected chi connectivity index (χ2v) is 19.1. The van der Waals surface area contributed by atoms with Gasteiger partial charge in [-0.25, -0.2) is 4.18 Å². The fraction of sp³-hybridized carbons (Fsp3) is 0.702. The number of ether oxygens (including phenoxy) is 4. The van der Waals surface area contributed by atoms with Gasteiger partial charge in [0.2, 0.25) is 0 Å². The highest BCUT2D eigenvalue weighted by molar-refractivity contribution is 7.80.